The third kappa shape index (κ3) is 2.15. The van der Waals surface area contributed by atoms with E-state index in [1.54, 1.807) is 11.3 Å². The Bertz CT molecular complexity index is 448. The lowest BCUT2D eigenvalue weighted by atomic mass is 10.00. The first-order valence-electron chi connectivity index (χ1n) is 5.45. The fourth-order valence-electron chi connectivity index (χ4n) is 1.75. The molecule has 0 unspecified atom stereocenters. The first-order valence-corrected chi connectivity index (χ1v) is 6.32. The third-order valence-corrected chi connectivity index (χ3v) is 3.63. The van der Waals surface area contributed by atoms with E-state index in [9.17, 15) is 0 Å². The number of aromatic nitrogens is 2. The van der Waals surface area contributed by atoms with Crippen LogP contribution in [-0.4, -0.2) is 23.2 Å². The van der Waals surface area contributed by atoms with E-state index in [2.05, 4.69) is 26.9 Å². The van der Waals surface area contributed by atoms with Crippen LogP contribution >= 0.6 is 11.3 Å². The number of hydrogen-bond acceptors (Lipinski definition) is 5. The second-order valence-electron chi connectivity index (χ2n) is 4.09. The molecule has 4 nitrogen and oxygen atoms in total. The average molecular weight is 235 g/mol. The molecule has 0 saturated carbocycles. The molecule has 16 heavy (non-hydrogen) atoms. The molecule has 0 aromatic carbocycles. The van der Waals surface area contributed by atoms with Gasteiger partial charge in [0.05, 0.1) is 0 Å². The minimum Gasteiger partial charge on any atom is -0.339 e. The van der Waals surface area contributed by atoms with Crippen molar-refractivity contribution in [2.75, 3.05) is 13.1 Å². The largest absolute Gasteiger partial charge is 0.339 e. The summed E-state index contributed by atoms with van der Waals surface area (Å²) in [7, 11) is 0. The van der Waals surface area contributed by atoms with E-state index in [4.69, 9.17) is 4.52 Å². The van der Waals surface area contributed by atoms with Crippen molar-refractivity contribution in [3.8, 4) is 0 Å². The molecule has 1 fully saturated rings. The van der Waals surface area contributed by atoms with Crippen LogP contribution in [-0.2, 0) is 12.8 Å². The number of thiophene rings is 1. The molecule has 1 aliphatic heterocycles. The van der Waals surface area contributed by atoms with Crippen molar-refractivity contribution in [2.45, 2.75) is 12.8 Å². The standard InChI is InChI=1S/C11H13N3OS/c1-2-9(16-3-1)5-10-13-11(15-14-10)4-8-6-12-7-8/h1-3,8,12H,4-7H2. The summed E-state index contributed by atoms with van der Waals surface area (Å²) in [5.74, 6) is 2.25. The summed E-state index contributed by atoms with van der Waals surface area (Å²) >= 11 is 1.72. The number of nitrogens with zero attached hydrogens (tertiary/aromatic N) is 2. The second-order valence-corrected chi connectivity index (χ2v) is 5.12. The quantitative estimate of drug-likeness (QED) is 0.872. The lowest BCUT2D eigenvalue weighted by molar-refractivity contribution is 0.295. The van der Waals surface area contributed by atoms with Gasteiger partial charge >= 0.3 is 0 Å². The summed E-state index contributed by atoms with van der Waals surface area (Å²) in [5, 5.41) is 9.30. The molecule has 3 heterocycles. The first kappa shape index (κ1) is 9.99. The summed E-state index contributed by atoms with van der Waals surface area (Å²) in [5.41, 5.74) is 0. The first-order chi connectivity index (χ1) is 7.90. The van der Waals surface area contributed by atoms with Crippen molar-refractivity contribution in [3.63, 3.8) is 0 Å². The van der Waals surface area contributed by atoms with E-state index in [0.717, 1.165) is 37.6 Å². The van der Waals surface area contributed by atoms with Gasteiger partial charge in [0.15, 0.2) is 5.82 Å². The maximum atomic E-state index is 5.24. The molecule has 0 atom stereocenters. The SMILES string of the molecule is c1csc(Cc2noc(CC3CNC3)n2)c1. The van der Waals surface area contributed by atoms with E-state index < -0.39 is 0 Å². The van der Waals surface area contributed by atoms with Gasteiger partial charge in [0.1, 0.15) is 0 Å². The highest BCUT2D eigenvalue weighted by Crippen LogP contribution is 2.15. The summed E-state index contributed by atoms with van der Waals surface area (Å²) in [4.78, 5) is 5.68. The van der Waals surface area contributed by atoms with E-state index in [1.807, 2.05) is 6.07 Å². The molecule has 84 valence electrons. The van der Waals surface area contributed by atoms with Gasteiger partial charge in [0.25, 0.3) is 0 Å². The predicted octanol–water partition coefficient (Wildman–Crippen LogP) is 1.48. The maximum Gasteiger partial charge on any atom is 0.227 e. The fraction of sp³-hybridized carbons (Fsp3) is 0.455. The van der Waals surface area contributed by atoms with Crippen molar-refractivity contribution < 1.29 is 4.52 Å². The van der Waals surface area contributed by atoms with Crippen molar-refractivity contribution in [1.82, 2.24) is 15.5 Å². The lowest BCUT2D eigenvalue weighted by Crippen LogP contribution is -2.43. The maximum absolute atomic E-state index is 5.24. The van der Waals surface area contributed by atoms with Crippen LogP contribution in [0.5, 0.6) is 0 Å². The lowest BCUT2D eigenvalue weighted by Gasteiger charge is -2.25. The molecule has 2 aromatic heterocycles. The van der Waals surface area contributed by atoms with Crippen LogP contribution < -0.4 is 5.32 Å². The molecule has 3 rings (SSSR count). The summed E-state index contributed by atoms with van der Waals surface area (Å²) in [6.45, 7) is 2.14. The molecular weight excluding hydrogens is 222 g/mol. The molecule has 5 heteroatoms. The Morgan fingerprint density at radius 3 is 3.12 bits per heavy atom. The van der Waals surface area contributed by atoms with Gasteiger partial charge < -0.3 is 9.84 Å². The minimum atomic E-state index is 0.676. The molecular formula is C11H13N3OS. The molecule has 0 amide bonds. The summed E-state index contributed by atoms with van der Waals surface area (Å²) in [6.07, 6.45) is 1.69. The molecule has 0 bridgehead atoms. The number of rotatable bonds is 4. The Kier molecular flexibility index (Phi) is 2.71. The predicted molar refractivity (Wildman–Crippen MR) is 61.5 cm³/mol. The Labute approximate surface area is 97.7 Å². The third-order valence-electron chi connectivity index (χ3n) is 2.75. The number of nitrogens with one attached hydrogen (secondary N) is 1. The monoisotopic (exact) mass is 235 g/mol. The fourth-order valence-corrected chi connectivity index (χ4v) is 2.46. The zero-order chi connectivity index (χ0) is 10.8. The van der Waals surface area contributed by atoms with Gasteiger partial charge in [0, 0.05) is 17.7 Å². The molecule has 0 radical (unpaired) electrons. The van der Waals surface area contributed by atoms with Crippen LogP contribution in [0.1, 0.15) is 16.6 Å². The minimum absolute atomic E-state index is 0.676. The number of hydrogen-bond donors (Lipinski definition) is 1. The van der Waals surface area contributed by atoms with Crippen LogP contribution in [0.2, 0.25) is 0 Å². The van der Waals surface area contributed by atoms with Crippen molar-refractivity contribution >= 4 is 11.3 Å². The molecule has 0 spiro atoms. The van der Waals surface area contributed by atoms with Gasteiger partial charge in [-0.15, -0.1) is 11.3 Å². The van der Waals surface area contributed by atoms with Crippen molar-refractivity contribution in [3.05, 3.63) is 34.1 Å². The van der Waals surface area contributed by atoms with Gasteiger partial charge in [0.2, 0.25) is 5.89 Å². The van der Waals surface area contributed by atoms with Crippen LogP contribution in [0.25, 0.3) is 0 Å². The van der Waals surface area contributed by atoms with Gasteiger partial charge in [-0.3, -0.25) is 0 Å². The highest BCUT2D eigenvalue weighted by atomic mass is 32.1. The zero-order valence-electron chi connectivity index (χ0n) is 8.85. The highest BCUT2D eigenvalue weighted by molar-refractivity contribution is 7.09. The Morgan fingerprint density at radius 1 is 1.50 bits per heavy atom. The molecule has 1 aliphatic rings. The average Bonchev–Trinajstić information content (AvgIpc) is 2.84. The zero-order valence-corrected chi connectivity index (χ0v) is 9.67. The van der Waals surface area contributed by atoms with Crippen LogP contribution in [0, 0.1) is 5.92 Å². The molecule has 1 N–H and O–H groups in total. The molecule has 1 saturated heterocycles. The van der Waals surface area contributed by atoms with Crippen LogP contribution in [0.4, 0.5) is 0 Å². The Hall–Kier alpha value is -1.20. The molecule has 2 aromatic rings. The normalized spacial score (nSPS) is 16.2. The topological polar surface area (TPSA) is 51.0 Å². The smallest absolute Gasteiger partial charge is 0.227 e. The van der Waals surface area contributed by atoms with Crippen molar-refractivity contribution in [2.24, 2.45) is 5.92 Å². The van der Waals surface area contributed by atoms with E-state index in [0.29, 0.717) is 5.92 Å². The van der Waals surface area contributed by atoms with E-state index in [1.165, 1.54) is 4.88 Å². The highest BCUT2D eigenvalue weighted by Gasteiger charge is 2.20. The van der Waals surface area contributed by atoms with Gasteiger partial charge in [-0.2, -0.15) is 4.98 Å². The molecule has 0 aliphatic carbocycles. The van der Waals surface area contributed by atoms with Crippen LogP contribution in [0.15, 0.2) is 22.0 Å². The Morgan fingerprint density at radius 2 is 2.44 bits per heavy atom. The van der Waals surface area contributed by atoms with Gasteiger partial charge in [-0.05, 0) is 30.5 Å². The van der Waals surface area contributed by atoms with Gasteiger partial charge in [-0.1, -0.05) is 11.2 Å². The van der Waals surface area contributed by atoms with Crippen molar-refractivity contribution in [1.29, 1.82) is 0 Å². The summed E-state index contributed by atoms with van der Waals surface area (Å²) < 4.78 is 5.24. The van der Waals surface area contributed by atoms with E-state index >= 15 is 0 Å². The van der Waals surface area contributed by atoms with E-state index in [-0.39, 0.29) is 0 Å². The Balaban J connectivity index is 1.63. The summed E-state index contributed by atoms with van der Waals surface area (Å²) in [6, 6.07) is 4.14. The second kappa shape index (κ2) is 4.35. The van der Waals surface area contributed by atoms with Crippen LogP contribution in [0.3, 0.4) is 0 Å². The van der Waals surface area contributed by atoms with Gasteiger partial charge in [-0.25, -0.2) is 0 Å².